The van der Waals surface area contributed by atoms with Gasteiger partial charge in [0, 0.05) is 31.0 Å². The van der Waals surface area contributed by atoms with Crippen LogP contribution in [-0.4, -0.2) is 40.8 Å². The molecule has 27 heavy (non-hydrogen) atoms. The smallest absolute Gasteiger partial charge is 0.231 e. The molecule has 1 amide bonds. The first-order valence-corrected chi connectivity index (χ1v) is 9.76. The molecule has 0 saturated heterocycles. The summed E-state index contributed by atoms with van der Waals surface area (Å²) in [4.78, 5) is 19.2. The van der Waals surface area contributed by atoms with E-state index in [1.807, 2.05) is 23.1 Å². The highest BCUT2D eigenvalue weighted by Crippen LogP contribution is 2.35. The summed E-state index contributed by atoms with van der Waals surface area (Å²) in [6.07, 6.45) is 5.89. The highest BCUT2D eigenvalue weighted by molar-refractivity contribution is 5.79. The lowest BCUT2D eigenvalue weighted by Crippen LogP contribution is -2.37. The van der Waals surface area contributed by atoms with Gasteiger partial charge in [0.2, 0.25) is 24.4 Å². The average molecular weight is 371 g/mol. The molecule has 0 spiro atoms. The Balaban J connectivity index is 1.40. The predicted molar refractivity (Wildman–Crippen MR) is 98.4 cm³/mol. The molecule has 0 atom stereocenters. The number of hydrogen-bond acceptors (Lipinski definition) is 6. The van der Waals surface area contributed by atoms with Gasteiger partial charge in [0.05, 0.1) is 0 Å². The van der Waals surface area contributed by atoms with Crippen molar-refractivity contribution in [2.24, 2.45) is 5.92 Å². The number of carbonyl (C=O) groups excluding carboxylic acids is 1. The summed E-state index contributed by atoms with van der Waals surface area (Å²) in [5.74, 6) is 2.96. The van der Waals surface area contributed by atoms with Crippen LogP contribution in [0, 0.1) is 5.92 Å². The van der Waals surface area contributed by atoms with E-state index in [2.05, 4.69) is 17.1 Å². The molecule has 1 aromatic carbocycles. The lowest BCUT2D eigenvalue weighted by Gasteiger charge is -2.24. The Morgan fingerprint density at radius 3 is 2.81 bits per heavy atom. The van der Waals surface area contributed by atoms with Gasteiger partial charge in [0.15, 0.2) is 11.5 Å². The van der Waals surface area contributed by atoms with Crippen LogP contribution < -0.4 is 9.47 Å². The van der Waals surface area contributed by atoms with Crippen molar-refractivity contribution in [2.75, 3.05) is 19.9 Å². The molecule has 7 nitrogen and oxygen atoms in total. The molecular weight excluding hydrogens is 346 g/mol. The van der Waals surface area contributed by atoms with E-state index in [1.165, 1.54) is 12.8 Å². The second-order valence-corrected chi connectivity index (χ2v) is 7.14. The molecule has 144 valence electrons. The van der Waals surface area contributed by atoms with Crippen molar-refractivity contribution in [3.05, 3.63) is 24.1 Å². The lowest BCUT2D eigenvalue weighted by molar-refractivity contribution is -0.135. The van der Waals surface area contributed by atoms with Crippen molar-refractivity contribution in [2.45, 2.75) is 45.4 Å². The van der Waals surface area contributed by atoms with E-state index in [0.717, 1.165) is 37.1 Å². The maximum Gasteiger partial charge on any atom is 0.231 e. The number of aromatic nitrogens is 2. The molecule has 1 saturated carbocycles. The first-order chi connectivity index (χ1) is 13.2. The van der Waals surface area contributed by atoms with Crippen LogP contribution in [0.15, 0.2) is 22.7 Å². The maximum atomic E-state index is 12.7. The third-order valence-corrected chi connectivity index (χ3v) is 5.20. The third-order valence-electron chi connectivity index (χ3n) is 5.20. The number of benzene rings is 1. The van der Waals surface area contributed by atoms with Crippen molar-refractivity contribution < 1.29 is 18.8 Å². The molecule has 2 heterocycles. The van der Waals surface area contributed by atoms with Crippen LogP contribution in [0.5, 0.6) is 11.5 Å². The quantitative estimate of drug-likeness (QED) is 0.742. The van der Waals surface area contributed by atoms with Gasteiger partial charge < -0.3 is 18.9 Å². The summed E-state index contributed by atoms with van der Waals surface area (Å²) in [6, 6.07) is 5.58. The summed E-state index contributed by atoms with van der Waals surface area (Å²) in [5, 5.41) is 4.07. The van der Waals surface area contributed by atoms with Crippen LogP contribution in [0.4, 0.5) is 0 Å². The van der Waals surface area contributed by atoms with Gasteiger partial charge in [-0.3, -0.25) is 4.79 Å². The minimum atomic E-state index is 0.198. The molecule has 2 aromatic rings. The highest BCUT2D eigenvalue weighted by Gasteiger charge is 2.27. The molecular formula is C20H25N3O4. The van der Waals surface area contributed by atoms with Gasteiger partial charge in [-0.15, -0.1) is 0 Å². The number of ether oxygens (including phenoxy) is 2. The Labute approximate surface area is 158 Å². The monoisotopic (exact) mass is 371 g/mol. The Kier molecular flexibility index (Phi) is 5.27. The largest absolute Gasteiger partial charge is 0.454 e. The zero-order valence-electron chi connectivity index (χ0n) is 15.6. The molecule has 1 aliphatic carbocycles. The van der Waals surface area contributed by atoms with E-state index in [-0.39, 0.29) is 18.6 Å². The fourth-order valence-electron chi connectivity index (χ4n) is 3.77. The van der Waals surface area contributed by atoms with Crippen molar-refractivity contribution >= 4 is 5.91 Å². The van der Waals surface area contributed by atoms with Crippen LogP contribution in [0.2, 0.25) is 0 Å². The van der Waals surface area contributed by atoms with E-state index in [1.54, 1.807) is 0 Å². The Bertz CT molecular complexity index is 798. The van der Waals surface area contributed by atoms with Gasteiger partial charge in [-0.2, -0.15) is 4.98 Å². The number of fused-ring (bicyclic) bond motifs is 1. The van der Waals surface area contributed by atoms with Crippen LogP contribution in [0.25, 0.3) is 11.4 Å². The summed E-state index contributed by atoms with van der Waals surface area (Å²) in [5.41, 5.74) is 0.821. The molecule has 0 N–H and O–H groups in total. The molecule has 0 unspecified atom stereocenters. The van der Waals surface area contributed by atoms with Gasteiger partial charge in [-0.25, -0.2) is 0 Å². The summed E-state index contributed by atoms with van der Waals surface area (Å²) in [6.45, 7) is 3.72. The van der Waals surface area contributed by atoms with Gasteiger partial charge in [-0.1, -0.05) is 24.9 Å². The number of amides is 1. The maximum absolute atomic E-state index is 12.7. The molecule has 2 aliphatic rings. The van der Waals surface area contributed by atoms with E-state index in [4.69, 9.17) is 14.0 Å². The Morgan fingerprint density at radius 2 is 2.00 bits per heavy atom. The van der Waals surface area contributed by atoms with Crippen molar-refractivity contribution in [3.8, 4) is 22.9 Å². The third kappa shape index (κ3) is 3.91. The fourth-order valence-corrected chi connectivity index (χ4v) is 3.77. The van der Waals surface area contributed by atoms with E-state index < -0.39 is 0 Å². The second kappa shape index (κ2) is 7.98. The van der Waals surface area contributed by atoms with Gasteiger partial charge in [-0.05, 0) is 37.5 Å². The zero-order chi connectivity index (χ0) is 18.6. The summed E-state index contributed by atoms with van der Waals surface area (Å²) >= 11 is 0. The van der Waals surface area contributed by atoms with E-state index in [0.29, 0.717) is 30.4 Å². The van der Waals surface area contributed by atoms with Gasteiger partial charge in [0.1, 0.15) is 0 Å². The minimum Gasteiger partial charge on any atom is -0.454 e. The highest BCUT2D eigenvalue weighted by atomic mass is 16.7. The molecule has 1 aliphatic heterocycles. The molecule has 0 bridgehead atoms. The Morgan fingerprint density at radius 1 is 1.19 bits per heavy atom. The van der Waals surface area contributed by atoms with Crippen molar-refractivity contribution in [3.63, 3.8) is 0 Å². The number of carbonyl (C=O) groups is 1. The first-order valence-electron chi connectivity index (χ1n) is 9.76. The molecule has 7 heteroatoms. The SMILES string of the molecule is CCCN(CCc1nc(-c2ccc3c(c2)OCO3)no1)C(=O)C1CCCC1. The zero-order valence-corrected chi connectivity index (χ0v) is 15.6. The number of hydrogen-bond donors (Lipinski definition) is 0. The fraction of sp³-hybridized carbons (Fsp3) is 0.550. The standard InChI is InChI=1S/C20H25N3O4/c1-2-10-23(20(24)14-5-3-4-6-14)11-9-18-21-19(22-27-18)15-7-8-16-17(12-15)26-13-25-16/h7-8,12,14H,2-6,9-11,13H2,1H3. The lowest BCUT2D eigenvalue weighted by atomic mass is 10.1. The van der Waals surface area contributed by atoms with Gasteiger partial charge >= 0.3 is 0 Å². The molecule has 1 aromatic heterocycles. The predicted octanol–water partition coefficient (Wildman–Crippen LogP) is 3.44. The van der Waals surface area contributed by atoms with Gasteiger partial charge in [0.25, 0.3) is 0 Å². The van der Waals surface area contributed by atoms with Crippen LogP contribution in [-0.2, 0) is 11.2 Å². The van der Waals surface area contributed by atoms with Crippen LogP contribution >= 0.6 is 0 Å². The molecule has 1 fully saturated rings. The Hall–Kier alpha value is -2.57. The van der Waals surface area contributed by atoms with E-state index in [9.17, 15) is 4.79 Å². The topological polar surface area (TPSA) is 77.7 Å². The molecule has 4 rings (SSSR count). The first kappa shape index (κ1) is 17.8. The number of nitrogens with zero attached hydrogens (tertiary/aromatic N) is 3. The summed E-state index contributed by atoms with van der Waals surface area (Å²) in [7, 11) is 0. The van der Waals surface area contributed by atoms with E-state index >= 15 is 0 Å². The summed E-state index contributed by atoms with van der Waals surface area (Å²) < 4.78 is 16.1. The van der Waals surface area contributed by atoms with Crippen molar-refractivity contribution in [1.82, 2.24) is 15.0 Å². The number of rotatable bonds is 7. The minimum absolute atomic E-state index is 0.198. The molecule has 0 radical (unpaired) electrons. The second-order valence-electron chi connectivity index (χ2n) is 7.14. The average Bonchev–Trinajstić information content (AvgIpc) is 3.45. The normalized spacial score (nSPS) is 16.0. The van der Waals surface area contributed by atoms with Crippen LogP contribution in [0.1, 0.15) is 44.9 Å². The van der Waals surface area contributed by atoms with Crippen LogP contribution in [0.3, 0.4) is 0 Å². The van der Waals surface area contributed by atoms with Crippen molar-refractivity contribution in [1.29, 1.82) is 0 Å².